The van der Waals surface area contributed by atoms with Crippen molar-refractivity contribution >= 4 is 5.91 Å². The van der Waals surface area contributed by atoms with Gasteiger partial charge in [0.2, 0.25) is 5.91 Å². The third kappa shape index (κ3) is 19.7. The molecule has 0 spiro atoms. The van der Waals surface area contributed by atoms with Gasteiger partial charge >= 0.3 is 0 Å². The first-order valence-electron chi connectivity index (χ1n) is 13.5. The van der Waals surface area contributed by atoms with E-state index in [-0.39, 0.29) is 0 Å². The van der Waals surface area contributed by atoms with Gasteiger partial charge in [0.25, 0.3) is 0 Å². The first kappa shape index (κ1) is 32.3. The highest BCUT2D eigenvalue weighted by molar-refractivity contribution is 5.80. The van der Waals surface area contributed by atoms with E-state index in [0.717, 1.165) is 38.5 Å². The molecular weight excluding hydrogens is 426 g/mol. The number of unbranched alkanes of at least 4 members (excludes halogenated alkanes) is 8. The fraction of sp³-hybridized carbons (Fsp3) is 0.690. The van der Waals surface area contributed by atoms with E-state index in [9.17, 15) is 20.1 Å². The Balaban J connectivity index is 4.07. The molecule has 5 heteroatoms. The van der Waals surface area contributed by atoms with E-state index in [1.54, 1.807) is 6.08 Å². The third-order valence-electron chi connectivity index (χ3n) is 5.63. The van der Waals surface area contributed by atoms with Crippen molar-refractivity contribution in [3.63, 3.8) is 0 Å². The molecule has 0 aromatic rings. The van der Waals surface area contributed by atoms with Crippen LogP contribution in [0.25, 0.3) is 0 Å². The molecule has 0 bridgehead atoms. The van der Waals surface area contributed by atoms with Crippen LogP contribution in [-0.4, -0.2) is 46.1 Å². The quantitative estimate of drug-likeness (QED) is 0.115. The minimum Gasteiger partial charge on any atom is -0.394 e. The Kier molecular flexibility index (Phi) is 23.2. The van der Waals surface area contributed by atoms with Gasteiger partial charge in [0, 0.05) is 0 Å². The Morgan fingerprint density at radius 1 is 0.706 bits per heavy atom. The predicted octanol–water partition coefficient (Wildman–Crippen LogP) is 5.91. The second-order valence-corrected chi connectivity index (χ2v) is 8.87. The highest BCUT2D eigenvalue weighted by atomic mass is 16.3. The summed E-state index contributed by atoms with van der Waals surface area (Å²) in [4.78, 5) is 12.2. The smallest absolute Gasteiger partial charge is 0.249 e. The Hall–Kier alpha value is -1.69. The molecule has 0 aromatic carbocycles. The molecule has 0 radical (unpaired) electrons. The van der Waals surface area contributed by atoms with Crippen LogP contribution < -0.4 is 5.32 Å². The van der Waals surface area contributed by atoms with E-state index in [1.165, 1.54) is 38.5 Å². The summed E-state index contributed by atoms with van der Waals surface area (Å²) in [6.07, 6.45) is 28.5. The molecule has 196 valence electrons. The first-order valence-corrected chi connectivity index (χ1v) is 13.5. The summed E-state index contributed by atoms with van der Waals surface area (Å²) in [7, 11) is 0. The third-order valence-corrected chi connectivity index (χ3v) is 5.63. The highest BCUT2D eigenvalue weighted by Gasteiger charge is 2.22. The van der Waals surface area contributed by atoms with Gasteiger partial charge in [0.05, 0.1) is 18.8 Å². The number of hydrogen-bond acceptors (Lipinski definition) is 4. The van der Waals surface area contributed by atoms with E-state index in [1.807, 2.05) is 12.2 Å². The Morgan fingerprint density at radius 3 is 1.82 bits per heavy atom. The molecule has 34 heavy (non-hydrogen) atoms. The van der Waals surface area contributed by atoms with Crippen molar-refractivity contribution in [2.75, 3.05) is 6.61 Å². The van der Waals surface area contributed by atoms with Crippen LogP contribution in [0.5, 0.6) is 0 Å². The molecule has 5 nitrogen and oxygen atoms in total. The molecule has 0 aliphatic carbocycles. The predicted molar refractivity (Wildman–Crippen MR) is 144 cm³/mol. The summed E-state index contributed by atoms with van der Waals surface area (Å²) in [5, 5.41) is 32.4. The fourth-order valence-corrected chi connectivity index (χ4v) is 3.38. The molecule has 0 rings (SSSR count). The van der Waals surface area contributed by atoms with E-state index >= 15 is 0 Å². The molecule has 0 saturated carbocycles. The zero-order valence-corrected chi connectivity index (χ0v) is 21.7. The first-order chi connectivity index (χ1) is 16.6. The van der Waals surface area contributed by atoms with Crippen LogP contribution in [0.3, 0.4) is 0 Å². The number of hydrogen-bond donors (Lipinski definition) is 4. The van der Waals surface area contributed by atoms with Crippen molar-refractivity contribution in [2.24, 2.45) is 0 Å². The van der Waals surface area contributed by atoms with Crippen LogP contribution in [0.15, 0.2) is 48.6 Å². The van der Waals surface area contributed by atoms with Gasteiger partial charge in [-0.25, -0.2) is 0 Å². The van der Waals surface area contributed by atoms with Gasteiger partial charge in [-0.2, -0.15) is 0 Å². The van der Waals surface area contributed by atoms with Crippen LogP contribution in [-0.2, 0) is 4.79 Å². The van der Waals surface area contributed by atoms with Crippen LogP contribution in [0.1, 0.15) is 104 Å². The van der Waals surface area contributed by atoms with Gasteiger partial charge in [-0.1, -0.05) is 94.6 Å². The fourth-order valence-electron chi connectivity index (χ4n) is 3.38. The van der Waals surface area contributed by atoms with Crippen LogP contribution >= 0.6 is 0 Å². The highest BCUT2D eigenvalue weighted by Crippen LogP contribution is 2.06. The van der Waals surface area contributed by atoms with E-state index in [4.69, 9.17) is 0 Å². The van der Waals surface area contributed by atoms with Crippen molar-refractivity contribution in [1.29, 1.82) is 0 Å². The van der Waals surface area contributed by atoms with E-state index in [2.05, 4.69) is 49.5 Å². The van der Waals surface area contributed by atoms with E-state index in [0.29, 0.717) is 12.8 Å². The van der Waals surface area contributed by atoms with Gasteiger partial charge in [0.15, 0.2) is 0 Å². The summed E-state index contributed by atoms with van der Waals surface area (Å²) in [5.41, 5.74) is 0. The van der Waals surface area contributed by atoms with Gasteiger partial charge < -0.3 is 20.6 Å². The van der Waals surface area contributed by atoms with Crippen LogP contribution in [0.2, 0.25) is 0 Å². The van der Waals surface area contributed by atoms with Crippen molar-refractivity contribution in [2.45, 2.75) is 122 Å². The van der Waals surface area contributed by atoms with Crippen molar-refractivity contribution in [1.82, 2.24) is 5.32 Å². The minimum absolute atomic E-state index is 0.322. The number of aliphatic hydroxyl groups is 3. The molecule has 4 N–H and O–H groups in total. The molecule has 0 aliphatic rings. The molecule has 3 unspecified atom stereocenters. The van der Waals surface area contributed by atoms with Crippen molar-refractivity contribution < 1.29 is 20.1 Å². The number of nitrogens with one attached hydrogen (secondary N) is 1. The van der Waals surface area contributed by atoms with Gasteiger partial charge in [-0.3, -0.25) is 4.79 Å². The maximum absolute atomic E-state index is 12.2. The molecule has 0 saturated heterocycles. The summed E-state index contributed by atoms with van der Waals surface area (Å²) >= 11 is 0. The molecule has 3 atom stereocenters. The van der Waals surface area contributed by atoms with Crippen LogP contribution in [0.4, 0.5) is 0 Å². The maximum Gasteiger partial charge on any atom is 0.249 e. The lowest BCUT2D eigenvalue weighted by Crippen LogP contribution is -2.48. The number of carbonyl (C=O) groups is 1. The van der Waals surface area contributed by atoms with E-state index < -0.39 is 30.8 Å². The number of aliphatic hydroxyl groups excluding tert-OH is 3. The molecule has 0 aliphatic heterocycles. The largest absolute Gasteiger partial charge is 0.394 e. The second kappa shape index (κ2) is 24.4. The molecule has 1 amide bonds. The lowest BCUT2D eigenvalue weighted by Gasteiger charge is -2.21. The van der Waals surface area contributed by atoms with Gasteiger partial charge in [0.1, 0.15) is 6.10 Å². The number of carbonyl (C=O) groups excluding carboxylic acids is 1. The summed E-state index contributed by atoms with van der Waals surface area (Å²) in [6, 6.07) is -0.831. The SMILES string of the molecule is CCCC/C=C/CC/C=C/CC/C=C/C(O)C(CO)NC(=O)C(O)CC/C=C\CCCCCC. The zero-order valence-electron chi connectivity index (χ0n) is 21.7. The Labute approximate surface area is 208 Å². The average molecular weight is 478 g/mol. The minimum atomic E-state index is -1.15. The Bertz CT molecular complexity index is 583. The average Bonchev–Trinajstić information content (AvgIpc) is 2.84. The number of allylic oxidation sites excluding steroid dienone is 7. The maximum atomic E-state index is 12.2. The van der Waals surface area contributed by atoms with Crippen LogP contribution in [0, 0.1) is 0 Å². The normalized spacial score (nSPS) is 15.1. The molecule has 0 fully saturated rings. The molecule has 0 heterocycles. The van der Waals surface area contributed by atoms with Gasteiger partial charge in [-0.15, -0.1) is 0 Å². The zero-order chi connectivity index (χ0) is 25.3. The standard InChI is InChI=1S/C29H51NO4/c1-3-5-7-9-11-13-14-15-16-18-19-21-23-27(32)26(25-31)30-29(34)28(33)24-22-20-17-12-10-8-6-4-2/h9,11,15-17,20-21,23,26-28,31-33H,3-8,10,12-14,18-19,22,24-25H2,1-2H3,(H,30,34)/b11-9+,16-15+,20-17-,23-21+. The lowest BCUT2D eigenvalue weighted by atomic mass is 10.1. The number of amides is 1. The molecular formula is C29H51NO4. The second-order valence-electron chi connectivity index (χ2n) is 8.87. The van der Waals surface area contributed by atoms with Gasteiger partial charge in [-0.05, 0) is 57.8 Å². The van der Waals surface area contributed by atoms with Crippen molar-refractivity contribution in [3.05, 3.63) is 48.6 Å². The monoisotopic (exact) mass is 477 g/mol. The summed E-state index contributed by atoms with van der Waals surface area (Å²) in [6.45, 7) is 3.99. The number of rotatable bonds is 22. The lowest BCUT2D eigenvalue weighted by molar-refractivity contribution is -0.131. The summed E-state index contributed by atoms with van der Waals surface area (Å²) in [5.74, 6) is -0.561. The topological polar surface area (TPSA) is 89.8 Å². The Morgan fingerprint density at radius 2 is 1.24 bits per heavy atom. The summed E-state index contributed by atoms with van der Waals surface area (Å²) < 4.78 is 0. The molecule has 0 aromatic heterocycles. The van der Waals surface area contributed by atoms with Crippen molar-refractivity contribution in [3.8, 4) is 0 Å².